The van der Waals surface area contributed by atoms with E-state index < -0.39 is 24.5 Å². The number of hydrogen-bond acceptors (Lipinski definition) is 6. The Morgan fingerprint density at radius 1 is 0.844 bits per heavy atom. The van der Waals surface area contributed by atoms with Crippen molar-refractivity contribution in [3.63, 3.8) is 0 Å². The highest BCUT2D eigenvalue weighted by atomic mass is 16.5. The van der Waals surface area contributed by atoms with Crippen molar-refractivity contribution in [2.24, 2.45) is 0 Å². The fourth-order valence-electron chi connectivity index (χ4n) is 2.57. The number of esters is 2. The molecule has 3 N–H and O–H groups in total. The van der Waals surface area contributed by atoms with E-state index in [9.17, 15) is 19.2 Å². The number of benzene rings is 2. The predicted octanol–water partition coefficient (Wildman–Crippen LogP) is 2.87. The molecule has 170 valence electrons. The molecule has 0 aliphatic rings. The minimum Gasteiger partial charge on any atom is -0.462 e. The highest BCUT2D eigenvalue weighted by molar-refractivity contribution is 5.96. The molecular formula is C23H27N3O6. The Labute approximate surface area is 186 Å². The Hall–Kier alpha value is -3.88. The number of carbonyl (C=O) groups excluding carboxylic acids is 4. The number of urea groups is 1. The van der Waals surface area contributed by atoms with Gasteiger partial charge in [0.05, 0.1) is 17.7 Å². The summed E-state index contributed by atoms with van der Waals surface area (Å²) >= 11 is 0. The molecule has 9 heteroatoms. The zero-order valence-corrected chi connectivity index (χ0v) is 18.3. The summed E-state index contributed by atoms with van der Waals surface area (Å²) in [6.07, 6.45) is 0. The number of amides is 3. The normalized spacial score (nSPS) is 10.2. The maximum Gasteiger partial charge on any atom is 0.338 e. The lowest BCUT2D eigenvalue weighted by Crippen LogP contribution is -2.39. The van der Waals surface area contributed by atoms with Crippen LogP contribution in [0.5, 0.6) is 0 Å². The first-order valence-electron chi connectivity index (χ1n) is 10.2. The van der Waals surface area contributed by atoms with Crippen molar-refractivity contribution in [3.05, 3.63) is 65.2 Å². The fraction of sp³-hybridized carbons (Fsp3) is 0.304. The zero-order valence-electron chi connectivity index (χ0n) is 18.3. The Balaban J connectivity index is 1.78. The van der Waals surface area contributed by atoms with Crippen molar-refractivity contribution >= 4 is 29.6 Å². The quantitative estimate of drug-likeness (QED) is 0.514. The number of nitrogens with one attached hydrogen (secondary N) is 3. The van der Waals surface area contributed by atoms with Crippen LogP contribution in [0.2, 0.25) is 0 Å². The van der Waals surface area contributed by atoms with Crippen LogP contribution in [0.3, 0.4) is 0 Å². The molecule has 0 saturated heterocycles. The first-order chi connectivity index (χ1) is 15.3. The first kappa shape index (κ1) is 24.4. The van der Waals surface area contributed by atoms with Gasteiger partial charge in [0.15, 0.2) is 6.61 Å². The average Bonchev–Trinajstić information content (AvgIpc) is 2.76. The van der Waals surface area contributed by atoms with Crippen molar-refractivity contribution in [2.45, 2.75) is 33.4 Å². The summed E-state index contributed by atoms with van der Waals surface area (Å²) < 4.78 is 9.93. The van der Waals surface area contributed by atoms with Crippen LogP contribution >= 0.6 is 0 Å². The summed E-state index contributed by atoms with van der Waals surface area (Å²) in [4.78, 5) is 47.4. The van der Waals surface area contributed by atoms with Gasteiger partial charge in [0.25, 0.3) is 5.91 Å². The van der Waals surface area contributed by atoms with Crippen LogP contribution in [0.4, 0.5) is 10.5 Å². The summed E-state index contributed by atoms with van der Waals surface area (Å²) in [6.45, 7) is 5.57. The standard InChI is InChI=1S/C23H27N3O6/c1-4-31-21(28)18-9-11-19(12-10-18)26-20(27)14-32-22(29)17-7-5-16(6-8-17)13-24-23(30)25-15(2)3/h5-12,15H,4,13-14H2,1-3H3,(H,26,27)(H2,24,25,30). The molecule has 0 atom stereocenters. The van der Waals surface area contributed by atoms with Gasteiger partial charge in [0, 0.05) is 18.3 Å². The highest BCUT2D eigenvalue weighted by Crippen LogP contribution is 2.11. The molecule has 0 heterocycles. The number of anilines is 1. The summed E-state index contributed by atoms with van der Waals surface area (Å²) in [6, 6.07) is 12.4. The molecule has 0 spiro atoms. The average molecular weight is 441 g/mol. The van der Waals surface area contributed by atoms with E-state index in [4.69, 9.17) is 9.47 Å². The third kappa shape index (κ3) is 8.10. The van der Waals surface area contributed by atoms with Gasteiger partial charge in [-0.25, -0.2) is 14.4 Å². The van der Waals surface area contributed by atoms with Gasteiger partial charge in [-0.3, -0.25) is 4.79 Å². The van der Waals surface area contributed by atoms with Crippen LogP contribution < -0.4 is 16.0 Å². The minimum atomic E-state index is -0.644. The SMILES string of the molecule is CCOC(=O)c1ccc(NC(=O)COC(=O)c2ccc(CNC(=O)NC(C)C)cc2)cc1. The van der Waals surface area contributed by atoms with Crippen molar-refractivity contribution in [3.8, 4) is 0 Å². The summed E-state index contributed by atoms with van der Waals surface area (Å²) in [7, 11) is 0. The molecule has 0 aliphatic heterocycles. The molecule has 0 fully saturated rings. The molecule has 2 aromatic carbocycles. The third-order valence-electron chi connectivity index (χ3n) is 4.08. The van der Waals surface area contributed by atoms with Crippen LogP contribution in [-0.2, 0) is 20.8 Å². The van der Waals surface area contributed by atoms with Gasteiger partial charge < -0.3 is 25.4 Å². The van der Waals surface area contributed by atoms with E-state index >= 15 is 0 Å². The van der Waals surface area contributed by atoms with Crippen LogP contribution in [0.1, 0.15) is 47.1 Å². The maximum absolute atomic E-state index is 12.1. The second kappa shape index (κ2) is 12.1. The largest absolute Gasteiger partial charge is 0.462 e. The number of hydrogen-bond donors (Lipinski definition) is 3. The fourth-order valence-corrected chi connectivity index (χ4v) is 2.57. The molecule has 0 aliphatic carbocycles. The summed E-state index contributed by atoms with van der Waals surface area (Å²) in [5.74, 6) is -1.60. The second-order valence-electron chi connectivity index (χ2n) is 7.10. The molecule has 32 heavy (non-hydrogen) atoms. The number of ether oxygens (including phenoxy) is 2. The minimum absolute atomic E-state index is 0.0355. The van der Waals surface area contributed by atoms with E-state index in [1.54, 1.807) is 43.3 Å². The molecular weight excluding hydrogens is 414 g/mol. The van der Waals surface area contributed by atoms with Crippen LogP contribution in [0.25, 0.3) is 0 Å². The van der Waals surface area contributed by atoms with E-state index in [-0.39, 0.29) is 24.2 Å². The van der Waals surface area contributed by atoms with Crippen molar-refractivity contribution in [2.75, 3.05) is 18.5 Å². The Morgan fingerprint density at radius 3 is 1.97 bits per heavy atom. The van der Waals surface area contributed by atoms with E-state index in [0.717, 1.165) is 5.56 Å². The van der Waals surface area contributed by atoms with Gasteiger partial charge in [-0.15, -0.1) is 0 Å². The Kier molecular flexibility index (Phi) is 9.22. The van der Waals surface area contributed by atoms with Gasteiger partial charge >= 0.3 is 18.0 Å². The van der Waals surface area contributed by atoms with Gasteiger partial charge in [-0.1, -0.05) is 12.1 Å². The lowest BCUT2D eigenvalue weighted by Gasteiger charge is -2.10. The van der Waals surface area contributed by atoms with Crippen LogP contribution in [0.15, 0.2) is 48.5 Å². The molecule has 0 bridgehead atoms. The summed E-state index contributed by atoms with van der Waals surface area (Å²) in [5, 5.41) is 8.01. The lowest BCUT2D eigenvalue weighted by molar-refractivity contribution is -0.119. The molecule has 3 amide bonds. The molecule has 0 unspecified atom stereocenters. The van der Waals surface area contributed by atoms with Gasteiger partial charge in [-0.05, 0) is 62.7 Å². The summed E-state index contributed by atoms with van der Waals surface area (Å²) in [5.41, 5.74) is 1.92. The monoisotopic (exact) mass is 441 g/mol. The zero-order chi connectivity index (χ0) is 23.5. The van der Waals surface area contributed by atoms with E-state index in [0.29, 0.717) is 17.8 Å². The Morgan fingerprint density at radius 2 is 1.41 bits per heavy atom. The lowest BCUT2D eigenvalue weighted by atomic mass is 10.1. The van der Waals surface area contributed by atoms with Crippen LogP contribution in [0, 0.1) is 0 Å². The maximum atomic E-state index is 12.1. The molecule has 0 saturated carbocycles. The van der Waals surface area contributed by atoms with Gasteiger partial charge in [0.1, 0.15) is 0 Å². The van der Waals surface area contributed by atoms with E-state index in [1.807, 2.05) is 13.8 Å². The highest BCUT2D eigenvalue weighted by Gasteiger charge is 2.12. The van der Waals surface area contributed by atoms with Gasteiger partial charge in [0.2, 0.25) is 0 Å². The Bertz CT molecular complexity index is 939. The van der Waals surface area contributed by atoms with Crippen molar-refractivity contribution < 1.29 is 28.7 Å². The number of rotatable bonds is 9. The van der Waals surface area contributed by atoms with E-state index in [2.05, 4.69) is 16.0 Å². The predicted molar refractivity (Wildman–Crippen MR) is 118 cm³/mol. The smallest absolute Gasteiger partial charge is 0.338 e. The topological polar surface area (TPSA) is 123 Å². The molecule has 9 nitrogen and oxygen atoms in total. The number of carbonyl (C=O) groups is 4. The first-order valence-corrected chi connectivity index (χ1v) is 10.2. The molecule has 2 aromatic rings. The molecule has 2 rings (SSSR count). The molecule has 0 radical (unpaired) electrons. The van der Waals surface area contributed by atoms with Crippen LogP contribution in [-0.4, -0.2) is 43.1 Å². The van der Waals surface area contributed by atoms with E-state index in [1.165, 1.54) is 12.1 Å². The van der Waals surface area contributed by atoms with Crippen molar-refractivity contribution in [1.29, 1.82) is 0 Å². The third-order valence-corrected chi connectivity index (χ3v) is 4.08. The van der Waals surface area contributed by atoms with Gasteiger partial charge in [-0.2, -0.15) is 0 Å². The van der Waals surface area contributed by atoms with Crippen molar-refractivity contribution in [1.82, 2.24) is 10.6 Å². The second-order valence-corrected chi connectivity index (χ2v) is 7.10. The molecule has 0 aromatic heterocycles.